The fourth-order valence-corrected chi connectivity index (χ4v) is 4.77. The van der Waals surface area contributed by atoms with Gasteiger partial charge in [0.15, 0.2) is 0 Å². The van der Waals surface area contributed by atoms with Gasteiger partial charge in [-0.25, -0.2) is 0 Å². The molecule has 1 aromatic heterocycles. The number of carbonyl (C=O) groups excluding carboxylic acids is 2. The van der Waals surface area contributed by atoms with Gasteiger partial charge in [0, 0.05) is 10.4 Å². The Morgan fingerprint density at radius 2 is 1.81 bits per heavy atom. The lowest BCUT2D eigenvalue weighted by atomic mass is 9.98. The molecule has 0 aliphatic carbocycles. The zero-order chi connectivity index (χ0) is 22.8. The molecule has 1 atom stereocenters. The smallest absolute Gasteiger partial charge is 0.300 e. The van der Waals surface area contributed by atoms with E-state index in [-0.39, 0.29) is 22.8 Å². The average Bonchev–Trinajstić information content (AvgIpc) is 3.33. The monoisotopic (exact) mass is 449 g/mol. The number of carbonyl (C=O) groups is 2. The molecule has 0 spiro atoms. The summed E-state index contributed by atoms with van der Waals surface area (Å²) in [7, 11) is 0. The van der Waals surface area contributed by atoms with Crippen LogP contribution in [0.4, 0.5) is 5.69 Å². The molecule has 7 heteroatoms. The summed E-state index contributed by atoms with van der Waals surface area (Å²) in [6, 6.07) is 14.2. The summed E-state index contributed by atoms with van der Waals surface area (Å²) >= 11 is 1.39. The van der Waals surface area contributed by atoms with Crippen LogP contribution in [0.1, 0.15) is 35.4 Å². The molecule has 2 N–H and O–H groups in total. The van der Waals surface area contributed by atoms with E-state index in [0.29, 0.717) is 17.9 Å². The number of hydrogen-bond donors (Lipinski definition) is 2. The third-order valence-corrected chi connectivity index (χ3v) is 6.41. The van der Waals surface area contributed by atoms with Gasteiger partial charge in [0.2, 0.25) is 0 Å². The number of phenols is 1. The number of nitrogens with zero attached hydrogens (tertiary/aromatic N) is 1. The Bertz CT molecular complexity index is 1200. The van der Waals surface area contributed by atoms with E-state index in [1.807, 2.05) is 25.3 Å². The normalized spacial score (nSPS) is 17.7. The highest BCUT2D eigenvalue weighted by atomic mass is 32.1. The Labute approximate surface area is 190 Å². The Kier molecular flexibility index (Phi) is 6.01. The molecule has 164 valence electrons. The number of thiophene rings is 1. The molecule has 2 aromatic carbocycles. The number of anilines is 1. The molecule has 3 aromatic rings. The molecule has 1 saturated heterocycles. The zero-order valence-electron chi connectivity index (χ0n) is 17.7. The highest BCUT2D eigenvalue weighted by Crippen LogP contribution is 2.46. The number of aliphatic hydroxyl groups is 1. The van der Waals surface area contributed by atoms with Gasteiger partial charge < -0.3 is 14.9 Å². The molecule has 0 bridgehead atoms. The topological polar surface area (TPSA) is 87.1 Å². The van der Waals surface area contributed by atoms with E-state index in [1.54, 1.807) is 42.5 Å². The fourth-order valence-electron chi connectivity index (χ4n) is 3.75. The van der Waals surface area contributed by atoms with Gasteiger partial charge in [0.1, 0.15) is 23.3 Å². The van der Waals surface area contributed by atoms with Gasteiger partial charge in [-0.1, -0.05) is 19.1 Å². The van der Waals surface area contributed by atoms with Crippen molar-refractivity contribution in [3.05, 3.63) is 81.6 Å². The van der Waals surface area contributed by atoms with Crippen molar-refractivity contribution in [3.8, 4) is 11.5 Å². The number of ether oxygens (including phenoxy) is 1. The summed E-state index contributed by atoms with van der Waals surface area (Å²) in [5, 5.41) is 23.4. The highest BCUT2D eigenvalue weighted by molar-refractivity contribution is 7.10. The van der Waals surface area contributed by atoms with Crippen LogP contribution in [-0.4, -0.2) is 28.5 Å². The maximum absolute atomic E-state index is 13.1. The third kappa shape index (κ3) is 3.76. The van der Waals surface area contributed by atoms with E-state index >= 15 is 0 Å². The first kappa shape index (κ1) is 21.6. The first-order valence-corrected chi connectivity index (χ1v) is 11.2. The van der Waals surface area contributed by atoms with Crippen molar-refractivity contribution < 1.29 is 24.5 Å². The predicted octanol–water partition coefficient (Wildman–Crippen LogP) is 5.18. The lowest BCUT2D eigenvalue weighted by Crippen LogP contribution is -2.29. The van der Waals surface area contributed by atoms with Crippen LogP contribution in [0.2, 0.25) is 0 Å². The van der Waals surface area contributed by atoms with E-state index in [1.165, 1.54) is 22.3 Å². The van der Waals surface area contributed by atoms with Crippen molar-refractivity contribution in [2.45, 2.75) is 26.3 Å². The van der Waals surface area contributed by atoms with Crippen LogP contribution in [0, 0.1) is 6.92 Å². The van der Waals surface area contributed by atoms with Gasteiger partial charge in [-0.15, -0.1) is 11.3 Å². The van der Waals surface area contributed by atoms with Gasteiger partial charge in [-0.05, 0) is 66.8 Å². The van der Waals surface area contributed by atoms with Gasteiger partial charge in [0.05, 0.1) is 17.9 Å². The van der Waals surface area contributed by atoms with Crippen molar-refractivity contribution in [1.29, 1.82) is 0 Å². The van der Waals surface area contributed by atoms with Crippen LogP contribution in [0.25, 0.3) is 5.76 Å². The fraction of sp³-hybridized carbons (Fsp3) is 0.200. The van der Waals surface area contributed by atoms with E-state index in [0.717, 1.165) is 16.9 Å². The van der Waals surface area contributed by atoms with Crippen LogP contribution in [0.3, 0.4) is 0 Å². The molecule has 6 nitrogen and oxygen atoms in total. The number of benzene rings is 2. The summed E-state index contributed by atoms with van der Waals surface area (Å²) in [5.41, 5.74) is 1.50. The van der Waals surface area contributed by atoms with Crippen molar-refractivity contribution in [2.75, 3.05) is 11.5 Å². The van der Waals surface area contributed by atoms with E-state index in [2.05, 4.69) is 0 Å². The molecule has 1 unspecified atom stereocenters. The van der Waals surface area contributed by atoms with Gasteiger partial charge >= 0.3 is 0 Å². The molecule has 1 amide bonds. The van der Waals surface area contributed by atoms with Gasteiger partial charge in [-0.3, -0.25) is 14.5 Å². The first-order valence-electron chi connectivity index (χ1n) is 10.3. The van der Waals surface area contributed by atoms with Gasteiger partial charge in [-0.2, -0.15) is 0 Å². The second-order valence-corrected chi connectivity index (χ2v) is 8.45. The Morgan fingerprint density at radius 3 is 2.44 bits per heavy atom. The number of Topliss-reactive ketones (excluding diaryl/α,β-unsaturated/α-hetero) is 1. The SMILES string of the molecule is CCCOc1ccc(/C(O)=C2/C(=O)C(=O)N(c3ccccc3O)C2c2sccc2C)cc1. The van der Waals surface area contributed by atoms with Crippen LogP contribution >= 0.6 is 11.3 Å². The van der Waals surface area contributed by atoms with Crippen molar-refractivity contribution in [2.24, 2.45) is 0 Å². The standard InChI is InChI=1S/C25H23NO5S/c1-3-13-31-17-10-8-16(9-11-17)22(28)20-21(24-15(2)12-14-32-24)26(25(30)23(20)29)18-6-4-5-7-19(18)27/h4-12,14,21,27-28H,3,13H2,1-2H3/b22-20-. The summed E-state index contributed by atoms with van der Waals surface area (Å²) in [5.74, 6) is -1.32. The summed E-state index contributed by atoms with van der Waals surface area (Å²) in [4.78, 5) is 28.2. The number of aryl methyl sites for hydroxylation is 1. The number of hydrogen-bond acceptors (Lipinski definition) is 6. The molecule has 1 fully saturated rings. The largest absolute Gasteiger partial charge is 0.507 e. The second kappa shape index (κ2) is 8.88. The maximum Gasteiger partial charge on any atom is 0.300 e. The minimum absolute atomic E-state index is 0.00831. The van der Waals surface area contributed by atoms with E-state index in [9.17, 15) is 19.8 Å². The molecule has 0 radical (unpaired) electrons. The Hall–Kier alpha value is -3.58. The number of ketones is 1. The second-order valence-electron chi connectivity index (χ2n) is 7.50. The van der Waals surface area contributed by atoms with E-state index < -0.39 is 17.7 Å². The van der Waals surface area contributed by atoms with Crippen LogP contribution in [0.5, 0.6) is 11.5 Å². The lowest BCUT2D eigenvalue weighted by molar-refractivity contribution is -0.132. The van der Waals surface area contributed by atoms with Crippen molar-refractivity contribution >= 4 is 34.5 Å². The minimum atomic E-state index is -0.848. The van der Waals surface area contributed by atoms with Crippen LogP contribution in [0.15, 0.2) is 65.6 Å². The molecule has 32 heavy (non-hydrogen) atoms. The number of para-hydroxylation sites is 2. The summed E-state index contributed by atoms with van der Waals surface area (Å²) < 4.78 is 5.58. The average molecular weight is 450 g/mol. The summed E-state index contributed by atoms with van der Waals surface area (Å²) in [6.07, 6.45) is 0.873. The minimum Gasteiger partial charge on any atom is -0.507 e. The Balaban J connectivity index is 1.86. The first-order chi connectivity index (χ1) is 15.4. The molecule has 1 aliphatic rings. The third-order valence-electron chi connectivity index (χ3n) is 5.34. The molecule has 0 saturated carbocycles. The number of phenolic OH excluding ortho intramolecular Hbond substituents is 1. The quantitative estimate of drug-likeness (QED) is 0.308. The predicted molar refractivity (Wildman–Crippen MR) is 124 cm³/mol. The van der Waals surface area contributed by atoms with Crippen LogP contribution < -0.4 is 9.64 Å². The zero-order valence-corrected chi connectivity index (χ0v) is 18.6. The molecule has 2 heterocycles. The van der Waals surface area contributed by atoms with Gasteiger partial charge in [0.25, 0.3) is 11.7 Å². The number of amides is 1. The van der Waals surface area contributed by atoms with Crippen molar-refractivity contribution in [1.82, 2.24) is 0 Å². The highest BCUT2D eigenvalue weighted by Gasteiger charge is 2.48. The van der Waals surface area contributed by atoms with Crippen molar-refractivity contribution in [3.63, 3.8) is 0 Å². The Morgan fingerprint density at radius 1 is 1.09 bits per heavy atom. The molecule has 4 rings (SSSR count). The number of aliphatic hydroxyl groups excluding tert-OH is 1. The number of aromatic hydroxyl groups is 1. The molecular weight excluding hydrogens is 426 g/mol. The molecule has 1 aliphatic heterocycles. The molecular formula is C25H23NO5S. The summed E-state index contributed by atoms with van der Waals surface area (Å²) in [6.45, 7) is 4.47. The number of rotatable bonds is 6. The lowest BCUT2D eigenvalue weighted by Gasteiger charge is -2.25. The maximum atomic E-state index is 13.1. The van der Waals surface area contributed by atoms with E-state index in [4.69, 9.17) is 4.74 Å². The van der Waals surface area contributed by atoms with Crippen LogP contribution in [-0.2, 0) is 9.59 Å².